The van der Waals surface area contributed by atoms with Crippen molar-refractivity contribution in [2.75, 3.05) is 0 Å². The summed E-state index contributed by atoms with van der Waals surface area (Å²) < 4.78 is 48.6. The fourth-order valence-corrected chi connectivity index (χ4v) is 5.96. The van der Waals surface area contributed by atoms with E-state index in [0.717, 1.165) is 18.4 Å². The molecule has 1 aliphatic rings. The van der Waals surface area contributed by atoms with Gasteiger partial charge in [0.2, 0.25) is 0 Å². The normalized spacial score (nSPS) is 14.5. The van der Waals surface area contributed by atoms with Crippen molar-refractivity contribution in [1.82, 2.24) is 19.5 Å². The van der Waals surface area contributed by atoms with Crippen LogP contribution in [-0.2, 0) is 12.8 Å². The molecule has 5 nitrogen and oxygen atoms in total. The molecule has 0 saturated heterocycles. The van der Waals surface area contributed by atoms with Crippen LogP contribution in [0.4, 0.5) is 13.2 Å². The Balaban J connectivity index is 1.45. The minimum atomic E-state index is -4.59. The van der Waals surface area contributed by atoms with Gasteiger partial charge in [0.15, 0.2) is 0 Å². The topological polar surface area (TPSA) is 52.8 Å². The zero-order valence-electron chi connectivity index (χ0n) is 16.3. The fourth-order valence-electron chi connectivity index (χ4n) is 3.18. The molecule has 158 valence electrons. The number of aromatic nitrogens is 4. The second-order valence-electron chi connectivity index (χ2n) is 7.37. The van der Waals surface area contributed by atoms with Gasteiger partial charge in [0.05, 0.1) is 0 Å². The molecule has 31 heavy (non-hydrogen) atoms. The predicted octanol–water partition coefficient (Wildman–Crippen LogP) is 4.06. The van der Waals surface area contributed by atoms with Crippen molar-refractivity contribution in [3.8, 4) is 11.4 Å². The van der Waals surface area contributed by atoms with E-state index in [1.807, 2.05) is 30.3 Å². The van der Waals surface area contributed by atoms with E-state index >= 15 is 0 Å². The van der Waals surface area contributed by atoms with Gasteiger partial charge in [0.1, 0.15) is 0 Å². The molecular formula is C22H18AsF3N4O. The zero-order chi connectivity index (χ0) is 21.4. The number of ether oxygens (including phenoxy) is 1. The van der Waals surface area contributed by atoms with Crippen LogP contribution in [0, 0.1) is 0 Å². The molecule has 1 unspecified atom stereocenters. The van der Waals surface area contributed by atoms with E-state index in [4.69, 9.17) is 4.74 Å². The quantitative estimate of drug-likeness (QED) is 0.386. The van der Waals surface area contributed by atoms with Gasteiger partial charge in [0.25, 0.3) is 0 Å². The number of nitrogens with zero attached hydrogens (tertiary/aromatic N) is 4. The van der Waals surface area contributed by atoms with E-state index in [1.165, 1.54) is 6.33 Å². The number of hydrogen-bond acceptors (Lipinski definition) is 4. The van der Waals surface area contributed by atoms with E-state index in [0.29, 0.717) is 32.7 Å². The maximum absolute atomic E-state index is 13.4. The molecule has 2 heterocycles. The summed E-state index contributed by atoms with van der Waals surface area (Å²) in [4.78, 5) is 12.0. The number of imidazole rings is 1. The Kier molecular flexibility index (Phi) is 5.18. The Bertz CT molecular complexity index is 1210. The third-order valence-electron chi connectivity index (χ3n) is 4.93. The zero-order valence-corrected chi connectivity index (χ0v) is 18.4. The van der Waals surface area contributed by atoms with Crippen LogP contribution in [-0.4, -0.2) is 35.3 Å². The summed E-state index contributed by atoms with van der Waals surface area (Å²) in [6, 6.07) is 16.9. The van der Waals surface area contributed by atoms with Gasteiger partial charge < -0.3 is 0 Å². The summed E-state index contributed by atoms with van der Waals surface area (Å²) in [6.45, 7) is 0.436. The number of rotatable bonds is 6. The summed E-state index contributed by atoms with van der Waals surface area (Å²) in [7, 11) is 0. The minimum absolute atomic E-state index is 0.194. The number of halogens is 3. The molecule has 0 spiro atoms. The van der Waals surface area contributed by atoms with E-state index in [9.17, 15) is 13.2 Å². The first-order chi connectivity index (χ1) is 15.0. The molecule has 0 aliphatic heterocycles. The molecule has 1 saturated carbocycles. The van der Waals surface area contributed by atoms with Gasteiger partial charge in [0, 0.05) is 0 Å². The molecule has 2 aromatic carbocycles. The molecular weight excluding hydrogens is 468 g/mol. The van der Waals surface area contributed by atoms with Crippen molar-refractivity contribution in [3.63, 3.8) is 0 Å². The average Bonchev–Trinajstić information content (AvgIpc) is 3.48. The van der Waals surface area contributed by atoms with Crippen LogP contribution in [0.15, 0.2) is 60.9 Å². The van der Waals surface area contributed by atoms with Gasteiger partial charge in [-0.1, -0.05) is 18.2 Å². The Labute approximate surface area is 183 Å². The molecule has 4 aromatic rings. The molecule has 0 amide bonds. The summed E-state index contributed by atoms with van der Waals surface area (Å²) in [5.74, 6) is -0.423. The van der Waals surface area contributed by atoms with Crippen LogP contribution >= 0.6 is 0 Å². The molecule has 1 fully saturated rings. The van der Waals surface area contributed by atoms with Gasteiger partial charge in [-0.25, -0.2) is 0 Å². The van der Waals surface area contributed by atoms with E-state index in [1.54, 1.807) is 28.8 Å². The third kappa shape index (κ3) is 4.44. The first kappa shape index (κ1) is 20.1. The van der Waals surface area contributed by atoms with Crippen LogP contribution in [0.25, 0.3) is 16.9 Å². The third-order valence-corrected chi connectivity index (χ3v) is 8.30. The fraction of sp³-hybridized carbons (Fsp3) is 0.227. The Morgan fingerprint density at radius 2 is 1.74 bits per heavy atom. The molecule has 0 radical (unpaired) electrons. The monoisotopic (exact) mass is 486 g/mol. The van der Waals surface area contributed by atoms with Gasteiger partial charge in [-0.2, -0.15) is 0 Å². The molecule has 9 heteroatoms. The molecule has 5 rings (SSSR count). The van der Waals surface area contributed by atoms with Crippen LogP contribution in [0.5, 0.6) is 5.75 Å². The summed E-state index contributed by atoms with van der Waals surface area (Å²) in [5, 5.41) is 0. The van der Waals surface area contributed by atoms with Crippen molar-refractivity contribution in [3.05, 3.63) is 72.3 Å². The molecule has 0 bridgehead atoms. The number of fused-ring (bicyclic) bond motifs is 1. The Morgan fingerprint density at radius 1 is 1.00 bits per heavy atom. The Hall–Kier alpha value is -2.86. The van der Waals surface area contributed by atoms with E-state index in [2.05, 4.69) is 15.0 Å². The predicted molar refractivity (Wildman–Crippen MR) is 112 cm³/mol. The second kappa shape index (κ2) is 8.00. The molecule has 1 aliphatic carbocycles. The molecule has 0 N–H and O–H groups in total. The van der Waals surface area contributed by atoms with Gasteiger partial charge >= 0.3 is 165 Å². The van der Waals surface area contributed by atoms with Gasteiger partial charge in [-0.05, 0) is 0 Å². The second-order valence-corrected chi connectivity index (χ2v) is 10.7. The summed E-state index contributed by atoms with van der Waals surface area (Å²) in [6.07, 6.45) is -0.944. The van der Waals surface area contributed by atoms with Crippen LogP contribution in [0.1, 0.15) is 24.2 Å². The van der Waals surface area contributed by atoms with Crippen LogP contribution in [0.3, 0.4) is 0 Å². The van der Waals surface area contributed by atoms with Crippen molar-refractivity contribution in [2.24, 2.45) is 0 Å². The van der Waals surface area contributed by atoms with Crippen molar-refractivity contribution in [1.29, 1.82) is 0 Å². The SMILES string of the molecule is FC(F)(F)c1nc([AsH]C2CC2)c2ncn(-c3ccc(OCc4ccccc4)cc3)c2n1. The van der Waals surface area contributed by atoms with E-state index < -0.39 is 27.8 Å². The molecule has 1 atom stereocenters. The molecule has 2 aromatic heterocycles. The number of alkyl halides is 3. The maximum atomic E-state index is 13.4. The van der Waals surface area contributed by atoms with Crippen molar-refractivity contribution in [2.45, 2.75) is 30.3 Å². The van der Waals surface area contributed by atoms with Crippen molar-refractivity contribution < 1.29 is 17.9 Å². The van der Waals surface area contributed by atoms with E-state index in [-0.39, 0.29) is 5.65 Å². The number of hydrogen-bond donors (Lipinski definition) is 0. The van der Waals surface area contributed by atoms with Gasteiger partial charge in [-0.15, -0.1) is 0 Å². The van der Waals surface area contributed by atoms with Crippen LogP contribution < -0.4 is 9.22 Å². The van der Waals surface area contributed by atoms with Gasteiger partial charge in [-0.3, -0.25) is 0 Å². The number of benzene rings is 2. The average molecular weight is 486 g/mol. The standard InChI is InChI=1S/C22H18AsF3N4O/c24-22(25,26)21-28-19(23-15-6-7-15)18-20(29-21)30(13-27-18)16-8-10-17(11-9-16)31-12-14-4-2-1-3-5-14/h1-5,8-11,13,15,23H,6-7,12H2. The first-order valence-corrected chi connectivity index (χ1v) is 12.1. The first-order valence-electron chi connectivity index (χ1n) is 9.83. The van der Waals surface area contributed by atoms with Crippen LogP contribution in [0.2, 0.25) is 4.71 Å². The summed E-state index contributed by atoms with van der Waals surface area (Å²) >= 11 is -0.778. The van der Waals surface area contributed by atoms with Crippen molar-refractivity contribution >= 4 is 31.4 Å². The summed E-state index contributed by atoms with van der Waals surface area (Å²) in [5.41, 5.74) is 2.39. The Morgan fingerprint density at radius 3 is 2.42 bits per heavy atom.